The van der Waals surface area contributed by atoms with Gasteiger partial charge in [0.05, 0.1) is 6.61 Å². The Morgan fingerprint density at radius 3 is 2.60 bits per heavy atom. The Bertz CT molecular complexity index is 541. The Morgan fingerprint density at radius 1 is 1.35 bits per heavy atom. The largest absolute Gasteiger partial charge is 0.464 e. The fourth-order valence-corrected chi connectivity index (χ4v) is 2.26. The van der Waals surface area contributed by atoms with E-state index in [1.165, 1.54) is 12.1 Å². The van der Waals surface area contributed by atoms with Gasteiger partial charge in [-0.15, -0.1) is 0 Å². The second kappa shape index (κ2) is 6.05. The summed E-state index contributed by atoms with van der Waals surface area (Å²) in [6.45, 7) is 1.90. The highest BCUT2D eigenvalue weighted by molar-refractivity contribution is 6.30. The number of rotatable bonds is 3. The van der Waals surface area contributed by atoms with Crippen LogP contribution >= 0.6 is 11.6 Å². The second-order valence-corrected chi connectivity index (χ2v) is 4.82. The van der Waals surface area contributed by atoms with Crippen LogP contribution in [0.1, 0.15) is 30.1 Å². The first-order chi connectivity index (χ1) is 9.54. The summed E-state index contributed by atoms with van der Waals surface area (Å²) in [5, 5.41) is 0.497. The smallest absolute Gasteiger partial charge is 0.329 e. The molecule has 0 saturated carbocycles. The van der Waals surface area contributed by atoms with Crippen molar-refractivity contribution in [2.75, 3.05) is 6.61 Å². The molecule has 20 heavy (non-hydrogen) atoms. The molecule has 5 nitrogen and oxygen atoms in total. The van der Waals surface area contributed by atoms with E-state index in [1.807, 2.05) is 0 Å². The van der Waals surface area contributed by atoms with Gasteiger partial charge in [0.2, 0.25) is 5.91 Å². The van der Waals surface area contributed by atoms with Crippen LogP contribution in [0.5, 0.6) is 0 Å². The molecule has 106 valence electrons. The molecule has 1 heterocycles. The highest BCUT2D eigenvalue weighted by Gasteiger charge is 2.41. The standard InChI is InChI=1S/C14H14ClNO4/c1-2-20-14(19)11-7-8-12(17)16(11)13(18)9-3-5-10(15)6-4-9/h3-6,11H,2,7-8H2,1H3. The number of carbonyl (C=O) groups is 3. The minimum absolute atomic E-state index is 0.169. The molecule has 6 heteroatoms. The first kappa shape index (κ1) is 14.5. The Morgan fingerprint density at radius 2 is 2.00 bits per heavy atom. The van der Waals surface area contributed by atoms with Crippen LogP contribution in [0.25, 0.3) is 0 Å². The predicted octanol–water partition coefficient (Wildman–Crippen LogP) is 2.03. The third-order valence-corrected chi connectivity index (χ3v) is 3.33. The van der Waals surface area contributed by atoms with Gasteiger partial charge < -0.3 is 4.74 Å². The maximum absolute atomic E-state index is 12.3. The highest BCUT2D eigenvalue weighted by Crippen LogP contribution is 2.23. The number of nitrogens with zero attached hydrogens (tertiary/aromatic N) is 1. The predicted molar refractivity (Wildman–Crippen MR) is 72.3 cm³/mol. The van der Waals surface area contributed by atoms with E-state index in [1.54, 1.807) is 19.1 Å². The van der Waals surface area contributed by atoms with Crippen LogP contribution in [0.15, 0.2) is 24.3 Å². The molecule has 0 aromatic heterocycles. The van der Waals surface area contributed by atoms with Crippen molar-refractivity contribution in [3.63, 3.8) is 0 Å². The van der Waals surface area contributed by atoms with Gasteiger partial charge >= 0.3 is 5.97 Å². The maximum atomic E-state index is 12.3. The van der Waals surface area contributed by atoms with E-state index in [2.05, 4.69) is 0 Å². The summed E-state index contributed by atoms with van der Waals surface area (Å²) < 4.78 is 4.90. The summed E-state index contributed by atoms with van der Waals surface area (Å²) in [5.74, 6) is -1.40. The number of likely N-dealkylation sites (tertiary alicyclic amines) is 1. The Hall–Kier alpha value is -1.88. The van der Waals surface area contributed by atoms with Gasteiger partial charge in [-0.1, -0.05) is 11.6 Å². The lowest BCUT2D eigenvalue weighted by atomic mass is 10.1. The summed E-state index contributed by atoms with van der Waals surface area (Å²) >= 11 is 5.76. The molecule has 1 unspecified atom stereocenters. The zero-order chi connectivity index (χ0) is 14.7. The summed E-state index contributed by atoms with van der Waals surface area (Å²) in [6.07, 6.45) is 0.472. The highest BCUT2D eigenvalue weighted by atomic mass is 35.5. The second-order valence-electron chi connectivity index (χ2n) is 4.38. The lowest BCUT2D eigenvalue weighted by molar-refractivity contribution is -0.149. The van der Waals surface area contributed by atoms with Crippen molar-refractivity contribution in [1.82, 2.24) is 4.90 Å². The third-order valence-electron chi connectivity index (χ3n) is 3.08. The van der Waals surface area contributed by atoms with Crippen molar-refractivity contribution < 1.29 is 19.1 Å². The number of imide groups is 1. The molecule has 1 fully saturated rings. The van der Waals surface area contributed by atoms with Crippen LogP contribution in [-0.4, -0.2) is 35.3 Å². The number of hydrogen-bond donors (Lipinski definition) is 0. The van der Waals surface area contributed by atoms with Crippen LogP contribution < -0.4 is 0 Å². The van der Waals surface area contributed by atoms with Gasteiger partial charge in [-0.25, -0.2) is 4.79 Å². The van der Waals surface area contributed by atoms with E-state index in [4.69, 9.17) is 16.3 Å². The maximum Gasteiger partial charge on any atom is 0.329 e. The van der Waals surface area contributed by atoms with Gasteiger partial charge in [-0.2, -0.15) is 0 Å². The molecule has 1 saturated heterocycles. The van der Waals surface area contributed by atoms with Crippen LogP contribution in [0.4, 0.5) is 0 Å². The molecule has 0 aliphatic carbocycles. The third kappa shape index (κ3) is 2.82. The van der Waals surface area contributed by atoms with E-state index in [0.717, 1.165) is 4.90 Å². The lowest BCUT2D eigenvalue weighted by Crippen LogP contribution is -2.43. The van der Waals surface area contributed by atoms with Gasteiger partial charge in [-0.3, -0.25) is 14.5 Å². The van der Waals surface area contributed by atoms with Crippen molar-refractivity contribution in [2.45, 2.75) is 25.8 Å². The molecule has 1 aromatic carbocycles. The zero-order valence-corrected chi connectivity index (χ0v) is 11.7. The number of carbonyl (C=O) groups excluding carboxylic acids is 3. The lowest BCUT2D eigenvalue weighted by Gasteiger charge is -2.21. The molecule has 0 N–H and O–H groups in total. The molecular formula is C14H14ClNO4. The first-order valence-electron chi connectivity index (χ1n) is 6.33. The number of halogens is 1. The van der Waals surface area contributed by atoms with Crippen molar-refractivity contribution in [3.8, 4) is 0 Å². The zero-order valence-electron chi connectivity index (χ0n) is 11.0. The SMILES string of the molecule is CCOC(=O)C1CCC(=O)N1C(=O)c1ccc(Cl)cc1. The number of hydrogen-bond acceptors (Lipinski definition) is 4. The normalized spacial score (nSPS) is 18.2. The van der Waals surface area contributed by atoms with Crippen molar-refractivity contribution in [1.29, 1.82) is 0 Å². The van der Waals surface area contributed by atoms with Gasteiger partial charge in [0.1, 0.15) is 6.04 Å². The van der Waals surface area contributed by atoms with Crippen molar-refractivity contribution in [2.24, 2.45) is 0 Å². The monoisotopic (exact) mass is 295 g/mol. The molecule has 1 aliphatic rings. The molecule has 0 radical (unpaired) electrons. The molecule has 1 aliphatic heterocycles. The number of amides is 2. The van der Waals surface area contributed by atoms with E-state index in [9.17, 15) is 14.4 Å². The Balaban J connectivity index is 2.23. The summed E-state index contributed by atoms with van der Waals surface area (Å²) in [6, 6.07) is 5.35. The van der Waals surface area contributed by atoms with E-state index in [-0.39, 0.29) is 18.9 Å². The minimum atomic E-state index is -0.828. The molecule has 2 amide bonds. The quantitative estimate of drug-likeness (QED) is 0.632. The number of ether oxygens (including phenoxy) is 1. The van der Waals surface area contributed by atoms with Crippen LogP contribution in [0.3, 0.4) is 0 Å². The summed E-state index contributed by atoms with van der Waals surface area (Å²) in [7, 11) is 0. The van der Waals surface area contributed by atoms with Crippen molar-refractivity contribution in [3.05, 3.63) is 34.9 Å². The van der Waals surface area contributed by atoms with E-state index >= 15 is 0 Å². The molecular weight excluding hydrogens is 282 g/mol. The summed E-state index contributed by atoms with van der Waals surface area (Å²) in [5.41, 5.74) is 0.318. The molecule has 1 aromatic rings. The average molecular weight is 296 g/mol. The molecule has 2 rings (SSSR count). The van der Waals surface area contributed by atoms with Crippen LogP contribution in [0.2, 0.25) is 5.02 Å². The minimum Gasteiger partial charge on any atom is -0.464 e. The molecule has 0 spiro atoms. The fraction of sp³-hybridized carbons (Fsp3) is 0.357. The fourth-order valence-electron chi connectivity index (χ4n) is 2.13. The number of benzene rings is 1. The topological polar surface area (TPSA) is 63.7 Å². The number of esters is 1. The van der Waals surface area contributed by atoms with Gasteiger partial charge in [0, 0.05) is 17.0 Å². The van der Waals surface area contributed by atoms with Crippen molar-refractivity contribution >= 4 is 29.4 Å². The first-order valence-corrected chi connectivity index (χ1v) is 6.71. The average Bonchev–Trinajstić information content (AvgIpc) is 2.81. The van der Waals surface area contributed by atoms with E-state index < -0.39 is 17.9 Å². The molecule has 1 atom stereocenters. The Labute approximate surface area is 121 Å². The molecule has 0 bridgehead atoms. The Kier molecular flexibility index (Phi) is 4.39. The van der Waals surface area contributed by atoms with Crippen LogP contribution in [-0.2, 0) is 14.3 Å². The van der Waals surface area contributed by atoms with Crippen LogP contribution in [0, 0.1) is 0 Å². The van der Waals surface area contributed by atoms with Gasteiger partial charge in [-0.05, 0) is 37.6 Å². The van der Waals surface area contributed by atoms with Gasteiger partial charge in [0.25, 0.3) is 5.91 Å². The summed E-state index contributed by atoms with van der Waals surface area (Å²) in [4.78, 5) is 37.0. The van der Waals surface area contributed by atoms with E-state index in [0.29, 0.717) is 17.0 Å². The van der Waals surface area contributed by atoms with Gasteiger partial charge in [0.15, 0.2) is 0 Å².